The first-order chi connectivity index (χ1) is 7.91. The number of aromatic nitrogens is 2. The molecule has 0 aromatic carbocycles. The van der Waals surface area contributed by atoms with Crippen LogP contribution in [0.5, 0.6) is 0 Å². The first-order valence-electron chi connectivity index (χ1n) is 5.38. The Balaban J connectivity index is 2.14. The summed E-state index contributed by atoms with van der Waals surface area (Å²) in [4.78, 5) is 13.6. The van der Waals surface area contributed by atoms with Gasteiger partial charge >= 0.3 is 0 Å². The molecule has 2 heterocycles. The maximum atomic E-state index is 12.1. The third-order valence-corrected chi connectivity index (χ3v) is 4.87. The number of rotatable bonds is 2. The van der Waals surface area contributed by atoms with E-state index in [1.807, 2.05) is 0 Å². The molecular weight excluding hydrogens is 242 g/mol. The summed E-state index contributed by atoms with van der Waals surface area (Å²) >= 11 is 0. The van der Waals surface area contributed by atoms with Gasteiger partial charge in [-0.2, -0.15) is 5.10 Å². The summed E-state index contributed by atoms with van der Waals surface area (Å²) in [7, 11) is -1.34. The first-order valence-corrected chi connectivity index (χ1v) is 7.20. The lowest BCUT2D eigenvalue weighted by Crippen LogP contribution is -2.38. The van der Waals surface area contributed by atoms with Crippen molar-refractivity contribution in [1.29, 1.82) is 0 Å². The van der Waals surface area contributed by atoms with Crippen LogP contribution >= 0.6 is 0 Å². The van der Waals surface area contributed by atoms with Crippen molar-refractivity contribution in [2.75, 3.05) is 18.6 Å². The number of aryl methyl sites for hydroxylation is 1. The van der Waals surface area contributed by atoms with Gasteiger partial charge < -0.3 is 4.90 Å². The second-order valence-corrected chi connectivity index (χ2v) is 6.63. The number of hydrogen-bond acceptors (Lipinski definition) is 4. The smallest absolute Gasteiger partial charge is 0.272 e. The second kappa shape index (κ2) is 4.14. The summed E-state index contributed by atoms with van der Waals surface area (Å²) in [5, 5.41) is 6.43. The molecule has 1 N–H and O–H groups in total. The minimum absolute atomic E-state index is 0.0580. The van der Waals surface area contributed by atoms with Gasteiger partial charge in [0.15, 0.2) is 9.84 Å². The van der Waals surface area contributed by atoms with E-state index in [1.54, 1.807) is 20.2 Å². The zero-order valence-corrected chi connectivity index (χ0v) is 10.6. The standard InChI is InChI=1S/C10H15N3O3S/c1-7-5-11-12-9(7)10(14)13(2)8-3-4-17(15,16)6-8/h5,8H,3-4,6H2,1-2H3,(H,11,12). The number of carbonyl (C=O) groups is 1. The van der Waals surface area contributed by atoms with Gasteiger partial charge in [-0.1, -0.05) is 0 Å². The quantitative estimate of drug-likeness (QED) is 0.807. The van der Waals surface area contributed by atoms with Crippen molar-refractivity contribution in [2.24, 2.45) is 0 Å². The lowest BCUT2D eigenvalue weighted by molar-refractivity contribution is 0.0741. The van der Waals surface area contributed by atoms with Crippen LogP contribution in [-0.4, -0.2) is 54.0 Å². The van der Waals surface area contributed by atoms with Gasteiger partial charge in [-0.3, -0.25) is 9.89 Å². The van der Waals surface area contributed by atoms with Crippen LogP contribution in [-0.2, 0) is 9.84 Å². The molecule has 0 radical (unpaired) electrons. The lowest BCUT2D eigenvalue weighted by atomic mass is 10.2. The van der Waals surface area contributed by atoms with Gasteiger partial charge in [0.2, 0.25) is 0 Å². The maximum Gasteiger partial charge on any atom is 0.272 e. The molecule has 94 valence electrons. The van der Waals surface area contributed by atoms with E-state index in [0.29, 0.717) is 12.1 Å². The lowest BCUT2D eigenvalue weighted by Gasteiger charge is -2.22. The summed E-state index contributed by atoms with van der Waals surface area (Å²) in [6, 6.07) is -0.227. The molecule has 1 aromatic heterocycles. The number of carbonyl (C=O) groups excluding carboxylic acids is 1. The van der Waals surface area contributed by atoms with Crippen LogP contribution in [0.1, 0.15) is 22.5 Å². The van der Waals surface area contributed by atoms with Crippen molar-refractivity contribution in [3.63, 3.8) is 0 Å². The average Bonchev–Trinajstić information content (AvgIpc) is 2.82. The van der Waals surface area contributed by atoms with Crippen LogP contribution in [0.4, 0.5) is 0 Å². The minimum Gasteiger partial charge on any atom is -0.336 e. The summed E-state index contributed by atoms with van der Waals surface area (Å²) in [6.07, 6.45) is 2.09. The van der Waals surface area contributed by atoms with Gasteiger partial charge in [-0.15, -0.1) is 0 Å². The fourth-order valence-corrected chi connectivity index (χ4v) is 3.76. The Morgan fingerprint density at radius 2 is 2.29 bits per heavy atom. The Labute approximate surface area is 99.9 Å². The molecule has 1 aliphatic rings. The van der Waals surface area contributed by atoms with E-state index in [4.69, 9.17) is 0 Å². The van der Waals surface area contributed by atoms with Gasteiger partial charge in [-0.05, 0) is 18.9 Å². The number of aromatic amines is 1. The molecule has 1 aliphatic heterocycles. The highest BCUT2D eigenvalue weighted by Gasteiger charge is 2.33. The van der Waals surface area contributed by atoms with Crippen LogP contribution < -0.4 is 0 Å². The molecule has 0 aliphatic carbocycles. The van der Waals surface area contributed by atoms with Crippen molar-refractivity contribution in [1.82, 2.24) is 15.1 Å². The number of nitrogens with one attached hydrogen (secondary N) is 1. The highest BCUT2D eigenvalue weighted by atomic mass is 32.2. The van der Waals surface area contributed by atoms with E-state index in [2.05, 4.69) is 10.2 Å². The van der Waals surface area contributed by atoms with E-state index >= 15 is 0 Å². The molecule has 0 saturated carbocycles. The molecule has 1 aromatic rings. The molecule has 17 heavy (non-hydrogen) atoms. The van der Waals surface area contributed by atoms with Crippen molar-refractivity contribution in [3.8, 4) is 0 Å². The van der Waals surface area contributed by atoms with Gasteiger partial charge in [0.1, 0.15) is 5.69 Å². The summed E-state index contributed by atoms with van der Waals surface area (Å²) in [6.45, 7) is 1.79. The summed E-state index contributed by atoms with van der Waals surface area (Å²) < 4.78 is 22.7. The molecule has 1 saturated heterocycles. The third-order valence-electron chi connectivity index (χ3n) is 3.12. The molecule has 1 amide bonds. The monoisotopic (exact) mass is 257 g/mol. The molecule has 1 fully saturated rings. The van der Waals surface area contributed by atoms with Gasteiger partial charge in [-0.25, -0.2) is 8.42 Å². The highest BCUT2D eigenvalue weighted by molar-refractivity contribution is 7.91. The second-order valence-electron chi connectivity index (χ2n) is 4.40. The van der Waals surface area contributed by atoms with Gasteiger partial charge in [0, 0.05) is 13.1 Å². The van der Waals surface area contributed by atoms with E-state index in [-0.39, 0.29) is 23.5 Å². The number of nitrogens with zero attached hydrogens (tertiary/aromatic N) is 2. The van der Waals surface area contributed by atoms with Gasteiger partial charge in [0.25, 0.3) is 5.91 Å². The fraction of sp³-hybridized carbons (Fsp3) is 0.600. The van der Waals surface area contributed by atoms with Crippen molar-refractivity contribution in [2.45, 2.75) is 19.4 Å². The highest BCUT2D eigenvalue weighted by Crippen LogP contribution is 2.18. The molecule has 2 rings (SSSR count). The topological polar surface area (TPSA) is 83.1 Å². The summed E-state index contributed by atoms with van der Waals surface area (Å²) in [5.41, 5.74) is 1.19. The average molecular weight is 257 g/mol. The van der Waals surface area contributed by atoms with Crippen LogP contribution in [0.25, 0.3) is 0 Å². The zero-order chi connectivity index (χ0) is 12.6. The molecular formula is C10H15N3O3S. The largest absolute Gasteiger partial charge is 0.336 e. The number of amides is 1. The molecule has 0 bridgehead atoms. The Kier molecular flexibility index (Phi) is 2.94. The molecule has 6 nitrogen and oxygen atoms in total. The van der Waals surface area contributed by atoms with Crippen molar-refractivity contribution >= 4 is 15.7 Å². The van der Waals surface area contributed by atoms with Crippen molar-refractivity contribution < 1.29 is 13.2 Å². The van der Waals surface area contributed by atoms with E-state index in [0.717, 1.165) is 5.56 Å². The Morgan fingerprint density at radius 1 is 1.59 bits per heavy atom. The summed E-state index contributed by atoms with van der Waals surface area (Å²) in [5.74, 6) is 0.0155. The molecule has 7 heteroatoms. The Bertz CT molecular complexity index is 535. The Morgan fingerprint density at radius 3 is 2.76 bits per heavy atom. The third kappa shape index (κ3) is 2.33. The van der Waals surface area contributed by atoms with Crippen LogP contribution in [0, 0.1) is 6.92 Å². The van der Waals surface area contributed by atoms with Crippen LogP contribution in [0.15, 0.2) is 6.20 Å². The normalized spacial score (nSPS) is 22.6. The molecule has 0 spiro atoms. The number of sulfone groups is 1. The van der Waals surface area contributed by atoms with E-state index in [1.165, 1.54) is 4.90 Å². The molecule has 1 unspecified atom stereocenters. The SMILES string of the molecule is Cc1cn[nH]c1C(=O)N(C)C1CCS(=O)(=O)C1. The van der Waals surface area contributed by atoms with E-state index in [9.17, 15) is 13.2 Å². The van der Waals surface area contributed by atoms with Crippen LogP contribution in [0.2, 0.25) is 0 Å². The van der Waals surface area contributed by atoms with E-state index < -0.39 is 9.84 Å². The van der Waals surface area contributed by atoms with Crippen LogP contribution in [0.3, 0.4) is 0 Å². The number of H-pyrrole nitrogens is 1. The van der Waals surface area contributed by atoms with Crippen molar-refractivity contribution in [3.05, 3.63) is 17.5 Å². The minimum atomic E-state index is -2.97. The fourth-order valence-electron chi connectivity index (χ4n) is 1.99. The molecule has 1 atom stereocenters. The predicted octanol–water partition coefficient (Wildman–Crippen LogP) is -0.0228. The Hall–Kier alpha value is -1.37. The number of hydrogen-bond donors (Lipinski definition) is 1. The zero-order valence-electron chi connectivity index (χ0n) is 9.80. The maximum absolute atomic E-state index is 12.1. The van der Waals surface area contributed by atoms with Gasteiger partial charge in [0.05, 0.1) is 17.7 Å². The first kappa shape index (κ1) is 12.1. The predicted molar refractivity (Wildman–Crippen MR) is 62.5 cm³/mol.